The summed E-state index contributed by atoms with van der Waals surface area (Å²) in [7, 11) is 0. The van der Waals surface area contributed by atoms with Gasteiger partial charge < -0.3 is 5.73 Å². The maximum Gasteiger partial charge on any atom is 0.250 e. The Labute approximate surface area is 75.4 Å². The number of hydrogen-bond donors (Lipinski definition) is 1. The molecule has 2 N–H and O–H groups in total. The summed E-state index contributed by atoms with van der Waals surface area (Å²) >= 11 is 1.55. The zero-order valence-corrected chi connectivity index (χ0v) is 7.54. The standard InChI is InChI=1S/C9H10NOS/c10-9(11)7-5-12-8-4-2-1-3-6(7)8/h1-4H2,(H2,10,11). The number of rotatable bonds is 1. The third kappa shape index (κ3) is 1.14. The van der Waals surface area contributed by atoms with Gasteiger partial charge in [-0.05, 0) is 31.2 Å². The molecule has 0 bridgehead atoms. The predicted octanol–water partition coefficient (Wildman–Crippen LogP) is 1.53. The summed E-state index contributed by atoms with van der Waals surface area (Å²) in [5.41, 5.74) is 7.02. The first-order chi connectivity index (χ1) is 5.79. The number of thiophene rings is 1. The van der Waals surface area contributed by atoms with Crippen molar-refractivity contribution in [2.75, 3.05) is 0 Å². The van der Waals surface area contributed by atoms with Crippen LogP contribution >= 0.6 is 11.3 Å². The lowest BCUT2D eigenvalue weighted by molar-refractivity contribution is 0.0999. The molecule has 63 valence electrons. The van der Waals surface area contributed by atoms with E-state index in [9.17, 15) is 4.79 Å². The lowest BCUT2D eigenvalue weighted by atomic mass is 9.96. The average Bonchev–Trinajstić information content (AvgIpc) is 2.47. The van der Waals surface area contributed by atoms with Crippen LogP contribution in [0.1, 0.15) is 33.6 Å². The van der Waals surface area contributed by atoms with Crippen LogP contribution in [0.5, 0.6) is 0 Å². The summed E-state index contributed by atoms with van der Waals surface area (Å²) in [6.07, 6.45) is 4.52. The summed E-state index contributed by atoms with van der Waals surface area (Å²) < 4.78 is 0. The van der Waals surface area contributed by atoms with Crippen LogP contribution < -0.4 is 5.73 Å². The van der Waals surface area contributed by atoms with Crippen LogP contribution in [0.25, 0.3) is 0 Å². The number of aryl methyl sites for hydroxylation is 1. The fourth-order valence-corrected chi connectivity index (χ4v) is 2.65. The molecular weight excluding hydrogens is 170 g/mol. The molecule has 1 aliphatic carbocycles. The second-order valence-corrected chi connectivity index (χ2v) is 3.95. The molecule has 0 atom stereocenters. The minimum atomic E-state index is -0.325. The molecular formula is C9H10NOS. The van der Waals surface area contributed by atoms with Crippen molar-refractivity contribution in [2.24, 2.45) is 5.73 Å². The highest BCUT2D eigenvalue weighted by molar-refractivity contribution is 7.10. The molecule has 1 radical (unpaired) electrons. The first-order valence-corrected chi connectivity index (χ1v) is 4.92. The molecule has 2 nitrogen and oxygen atoms in total. The van der Waals surface area contributed by atoms with Gasteiger partial charge >= 0.3 is 0 Å². The number of amides is 1. The zero-order chi connectivity index (χ0) is 8.55. The van der Waals surface area contributed by atoms with Gasteiger partial charge in [-0.1, -0.05) is 0 Å². The molecule has 1 heterocycles. The molecule has 1 aromatic heterocycles. The van der Waals surface area contributed by atoms with Crippen LogP contribution in [0.2, 0.25) is 0 Å². The quantitative estimate of drug-likeness (QED) is 0.699. The van der Waals surface area contributed by atoms with Crippen LogP contribution in [0.3, 0.4) is 0 Å². The Morgan fingerprint density at radius 2 is 2.17 bits per heavy atom. The van der Waals surface area contributed by atoms with E-state index in [-0.39, 0.29) is 5.91 Å². The predicted molar refractivity (Wildman–Crippen MR) is 48.3 cm³/mol. The molecule has 0 saturated carbocycles. The topological polar surface area (TPSA) is 43.1 Å². The fourth-order valence-electron chi connectivity index (χ4n) is 1.63. The second kappa shape index (κ2) is 2.90. The lowest BCUT2D eigenvalue weighted by Crippen LogP contribution is -2.13. The smallest absolute Gasteiger partial charge is 0.250 e. The minimum absolute atomic E-state index is 0.325. The molecule has 0 fully saturated rings. The molecule has 3 heteroatoms. The number of hydrogen-bond acceptors (Lipinski definition) is 2. The van der Waals surface area contributed by atoms with Crippen molar-refractivity contribution in [1.82, 2.24) is 0 Å². The second-order valence-electron chi connectivity index (χ2n) is 3.05. The van der Waals surface area contributed by atoms with Crippen LogP contribution in [0, 0.1) is 5.38 Å². The molecule has 0 spiro atoms. The van der Waals surface area contributed by atoms with Crippen molar-refractivity contribution in [3.05, 3.63) is 21.4 Å². The molecule has 2 rings (SSSR count). The minimum Gasteiger partial charge on any atom is -0.366 e. The van der Waals surface area contributed by atoms with Gasteiger partial charge in [-0.25, -0.2) is 0 Å². The summed E-state index contributed by atoms with van der Waals surface area (Å²) in [6.45, 7) is 0. The third-order valence-corrected chi connectivity index (χ3v) is 3.24. The van der Waals surface area contributed by atoms with Crippen molar-refractivity contribution in [3.8, 4) is 0 Å². The van der Waals surface area contributed by atoms with Gasteiger partial charge in [0, 0.05) is 4.88 Å². The highest BCUT2D eigenvalue weighted by Crippen LogP contribution is 2.29. The monoisotopic (exact) mass is 180 g/mol. The van der Waals surface area contributed by atoms with E-state index in [1.807, 2.05) is 0 Å². The molecule has 0 aliphatic heterocycles. The molecule has 0 aromatic carbocycles. The first-order valence-electron chi connectivity index (χ1n) is 4.11. The maximum absolute atomic E-state index is 10.9. The number of primary amides is 1. The van der Waals surface area contributed by atoms with E-state index < -0.39 is 0 Å². The van der Waals surface area contributed by atoms with Crippen LogP contribution in [-0.4, -0.2) is 5.91 Å². The number of nitrogens with two attached hydrogens (primary N) is 1. The van der Waals surface area contributed by atoms with E-state index in [1.165, 1.54) is 23.3 Å². The summed E-state index contributed by atoms with van der Waals surface area (Å²) in [5, 5.41) is 2.98. The van der Waals surface area contributed by atoms with Crippen LogP contribution in [-0.2, 0) is 12.8 Å². The average molecular weight is 180 g/mol. The van der Waals surface area contributed by atoms with Gasteiger partial charge in [-0.15, -0.1) is 11.3 Å². The Balaban J connectivity index is 2.44. The highest BCUT2D eigenvalue weighted by Gasteiger charge is 2.18. The lowest BCUT2D eigenvalue weighted by Gasteiger charge is -2.10. The molecule has 12 heavy (non-hydrogen) atoms. The van der Waals surface area contributed by atoms with E-state index in [0.29, 0.717) is 5.56 Å². The van der Waals surface area contributed by atoms with Crippen molar-refractivity contribution < 1.29 is 4.79 Å². The fraction of sp³-hybridized carbons (Fsp3) is 0.444. The number of fused-ring (bicyclic) bond motifs is 1. The van der Waals surface area contributed by atoms with Gasteiger partial charge in [0.1, 0.15) is 0 Å². The van der Waals surface area contributed by atoms with E-state index in [2.05, 4.69) is 5.38 Å². The van der Waals surface area contributed by atoms with Gasteiger partial charge in [0.25, 0.3) is 5.91 Å². The van der Waals surface area contributed by atoms with Crippen molar-refractivity contribution in [2.45, 2.75) is 25.7 Å². The van der Waals surface area contributed by atoms with Crippen LogP contribution in [0.15, 0.2) is 0 Å². The summed E-state index contributed by atoms with van der Waals surface area (Å²) in [6, 6.07) is 0. The molecule has 1 aromatic rings. The van der Waals surface area contributed by atoms with Crippen LogP contribution in [0.4, 0.5) is 0 Å². The van der Waals surface area contributed by atoms with Crippen molar-refractivity contribution in [1.29, 1.82) is 0 Å². The van der Waals surface area contributed by atoms with E-state index in [4.69, 9.17) is 5.73 Å². The van der Waals surface area contributed by atoms with Crippen molar-refractivity contribution >= 4 is 17.2 Å². The van der Waals surface area contributed by atoms with Gasteiger partial charge in [0.2, 0.25) is 0 Å². The van der Waals surface area contributed by atoms with Gasteiger partial charge in [0.15, 0.2) is 0 Å². The largest absolute Gasteiger partial charge is 0.366 e. The molecule has 0 saturated heterocycles. The molecule has 0 unspecified atom stereocenters. The summed E-state index contributed by atoms with van der Waals surface area (Å²) in [4.78, 5) is 12.2. The summed E-state index contributed by atoms with van der Waals surface area (Å²) in [5.74, 6) is -0.325. The number of carbonyl (C=O) groups is 1. The molecule has 1 amide bonds. The van der Waals surface area contributed by atoms with E-state index in [1.54, 1.807) is 11.3 Å². The van der Waals surface area contributed by atoms with E-state index >= 15 is 0 Å². The van der Waals surface area contributed by atoms with Gasteiger partial charge in [-0.2, -0.15) is 0 Å². The SMILES string of the molecule is NC(=O)c1[c]sc2c1CCCC2. The third-order valence-electron chi connectivity index (χ3n) is 2.24. The first kappa shape index (κ1) is 7.80. The maximum atomic E-state index is 10.9. The zero-order valence-electron chi connectivity index (χ0n) is 6.72. The molecule has 1 aliphatic rings. The highest BCUT2D eigenvalue weighted by atomic mass is 32.1. The Morgan fingerprint density at radius 3 is 2.92 bits per heavy atom. The van der Waals surface area contributed by atoms with Gasteiger partial charge in [-0.3, -0.25) is 4.79 Å². The Bertz CT molecular complexity index is 316. The Morgan fingerprint density at radius 1 is 1.42 bits per heavy atom. The normalized spacial score (nSPS) is 15.7. The van der Waals surface area contributed by atoms with E-state index in [0.717, 1.165) is 12.8 Å². The van der Waals surface area contributed by atoms with Gasteiger partial charge in [0.05, 0.1) is 10.9 Å². The Kier molecular flexibility index (Phi) is 1.89. The van der Waals surface area contributed by atoms with Crippen molar-refractivity contribution in [3.63, 3.8) is 0 Å². The number of carbonyl (C=O) groups excluding carboxylic acids is 1. The Hall–Kier alpha value is -0.830.